The molecule has 0 spiro atoms. The fraction of sp³-hybridized carbons (Fsp3) is 0.333. The Morgan fingerprint density at radius 1 is 1.15 bits per heavy atom. The monoisotopic (exact) mass is 565 g/mol. The van der Waals surface area contributed by atoms with Crippen molar-refractivity contribution < 1.29 is 27.5 Å². The van der Waals surface area contributed by atoms with Gasteiger partial charge in [0.25, 0.3) is 0 Å². The Morgan fingerprint density at radius 2 is 1.87 bits per heavy atom. The van der Waals surface area contributed by atoms with Gasteiger partial charge in [0.1, 0.15) is 24.8 Å². The van der Waals surface area contributed by atoms with E-state index in [0.29, 0.717) is 22.0 Å². The number of aromatic nitrogens is 7. The maximum Gasteiger partial charge on any atom is 0.416 e. The fourth-order valence-electron chi connectivity index (χ4n) is 3.98. The number of alkyl halides is 4. The van der Waals surface area contributed by atoms with E-state index in [1.54, 1.807) is 12.1 Å². The second-order valence-corrected chi connectivity index (χ2v) is 9.45. The van der Waals surface area contributed by atoms with Gasteiger partial charge in [-0.2, -0.15) is 13.2 Å². The summed E-state index contributed by atoms with van der Waals surface area (Å²) in [7, 11) is 0. The van der Waals surface area contributed by atoms with Crippen molar-refractivity contribution in [1.82, 2.24) is 34.1 Å². The Hall–Kier alpha value is -3.91. The van der Waals surface area contributed by atoms with Gasteiger partial charge in [-0.3, -0.25) is 14.3 Å². The van der Waals surface area contributed by atoms with Crippen molar-refractivity contribution in [2.45, 2.75) is 44.4 Å². The number of Topliss-reactive ketones (excluding diaryl/α,β-unsaturated/α-hetero) is 1. The summed E-state index contributed by atoms with van der Waals surface area (Å²) in [5, 5.41) is 18.5. The quantitative estimate of drug-likeness (QED) is 0.310. The van der Waals surface area contributed by atoms with E-state index >= 15 is 0 Å². The number of carbonyl (C=O) groups excluding carboxylic acids is 1. The number of hydrogen-bond acceptors (Lipinski definition) is 7. The number of hydrogen-bond donors (Lipinski definition) is 1. The largest absolute Gasteiger partial charge is 0.416 e. The topological polar surface area (TPSA) is 121 Å². The molecule has 1 aromatic carbocycles. The average molecular weight is 566 g/mol. The molecule has 3 atom stereocenters. The normalized spacial score (nSPS) is 17.8. The van der Waals surface area contributed by atoms with Gasteiger partial charge >= 0.3 is 11.9 Å². The van der Waals surface area contributed by atoms with Crippen molar-refractivity contribution >= 4 is 17.4 Å². The molecule has 4 aromatic rings. The zero-order valence-corrected chi connectivity index (χ0v) is 20.7. The lowest BCUT2D eigenvalue weighted by Crippen LogP contribution is -2.37. The van der Waals surface area contributed by atoms with Crippen LogP contribution < -0.4 is 5.69 Å². The van der Waals surface area contributed by atoms with Crippen LogP contribution in [-0.2, 0) is 24.3 Å². The molecular formula is C24H20ClF4N7O3. The molecule has 15 heteroatoms. The number of aliphatic hydroxyl groups is 1. The summed E-state index contributed by atoms with van der Waals surface area (Å²) in [6.07, 6.45) is -5.96. The lowest BCUT2D eigenvalue weighted by molar-refractivity contribution is -0.207. The second kappa shape index (κ2) is 10.3. The molecule has 1 saturated carbocycles. The number of ketones is 1. The van der Waals surface area contributed by atoms with Crippen LogP contribution in [0, 0.1) is 5.92 Å². The summed E-state index contributed by atoms with van der Waals surface area (Å²) < 4.78 is 55.5. The van der Waals surface area contributed by atoms with Gasteiger partial charge in [-0.05, 0) is 42.8 Å². The second-order valence-electron chi connectivity index (χ2n) is 9.01. The van der Waals surface area contributed by atoms with Crippen molar-refractivity contribution in [1.29, 1.82) is 0 Å². The summed E-state index contributed by atoms with van der Waals surface area (Å²) >= 11 is 5.90. The molecule has 0 bridgehead atoms. The van der Waals surface area contributed by atoms with Crippen molar-refractivity contribution in [2.24, 2.45) is 5.92 Å². The summed E-state index contributed by atoms with van der Waals surface area (Å²) in [5.41, 5.74) is 0.177. The summed E-state index contributed by atoms with van der Waals surface area (Å²) in [5.74, 6) is -0.916. The van der Waals surface area contributed by atoms with Gasteiger partial charge in [0.2, 0.25) is 0 Å². The highest BCUT2D eigenvalue weighted by molar-refractivity contribution is 6.30. The van der Waals surface area contributed by atoms with Gasteiger partial charge in [-0.15, -0.1) is 10.2 Å². The minimum Gasteiger partial charge on any atom is -0.382 e. The molecule has 0 saturated heterocycles. The number of benzene rings is 1. The zero-order valence-electron chi connectivity index (χ0n) is 20.0. The standard InChI is InChI=1S/C24H20ClF4N7O3/c25-14-5-3-13(4-6-14)22-33-35(23(39)34(22)10-20(38)24(27,28)29)11-21-31-12-36(32-21)18-2-1-7-30-17(18)9-19(37)15-8-16(15)26/h1-7,12,15-16,20,38H,8-11H2/t15-,16+,20+/m1/s1. The van der Waals surface area contributed by atoms with Crippen LogP contribution in [0.3, 0.4) is 0 Å². The van der Waals surface area contributed by atoms with E-state index in [1.807, 2.05) is 0 Å². The number of rotatable bonds is 9. The van der Waals surface area contributed by atoms with E-state index in [1.165, 1.54) is 41.5 Å². The van der Waals surface area contributed by atoms with Crippen LogP contribution in [0.1, 0.15) is 17.9 Å². The molecule has 0 aliphatic heterocycles. The van der Waals surface area contributed by atoms with Crippen LogP contribution >= 0.6 is 11.6 Å². The van der Waals surface area contributed by atoms with Gasteiger partial charge in [0, 0.05) is 16.8 Å². The zero-order chi connectivity index (χ0) is 27.9. The molecule has 3 aromatic heterocycles. The molecule has 5 rings (SSSR count). The lowest BCUT2D eigenvalue weighted by Gasteiger charge is -2.15. The molecule has 10 nitrogen and oxygen atoms in total. The van der Waals surface area contributed by atoms with Crippen molar-refractivity contribution in [3.63, 3.8) is 0 Å². The third-order valence-electron chi connectivity index (χ3n) is 6.17. The van der Waals surface area contributed by atoms with Crippen LogP contribution in [0.2, 0.25) is 5.02 Å². The van der Waals surface area contributed by atoms with Gasteiger partial charge < -0.3 is 5.11 Å². The summed E-state index contributed by atoms with van der Waals surface area (Å²) in [6, 6.07) is 9.20. The van der Waals surface area contributed by atoms with Crippen molar-refractivity contribution in [3.05, 3.63) is 75.9 Å². The highest BCUT2D eigenvalue weighted by Gasteiger charge is 2.43. The first-order valence-electron chi connectivity index (χ1n) is 11.7. The SMILES string of the molecule is O=C(Cc1ncccc1-n1cnc(Cn2nc(-c3ccc(Cl)cc3)n(C[C@H](O)C(F)(F)F)c2=O)n1)[C@@H]1C[C@@H]1F. The molecular weight excluding hydrogens is 546 g/mol. The molecule has 1 fully saturated rings. The number of pyridine rings is 1. The Kier molecular flexibility index (Phi) is 7.07. The number of nitrogens with zero attached hydrogens (tertiary/aromatic N) is 7. The molecule has 1 aliphatic carbocycles. The van der Waals surface area contributed by atoms with Gasteiger partial charge in [-0.1, -0.05) is 11.6 Å². The maximum atomic E-state index is 13.3. The average Bonchev–Trinajstić information content (AvgIpc) is 3.32. The first kappa shape index (κ1) is 26.7. The van der Waals surface area contributed by atoms with Crippen LogP contribution in [0.15, 0.2) is 53.7 Å². The number of aliphatic hydroxyl groups excluding tert-OH is 1. The lowest BCUT2D eigenvalue weighted by atomic mass is 10.1. The summed E-state index contributed by atoms with van der Waals surface area (Å²) in [6.45, 7) is -1.38. The van der Waals surface area contributed by atoms with Gasteiger partial charge in [0.15, 0.2) is 17.8 Å². The first-order chi connectivity index (χ1) is 18.5. The maximum absolute atomic E-state index is 13.3. The number of carbonyl (C=O) groups is 1. The third kappa shape index (κ3) is 5.76. The van der Waals surface area contributed by atoms with E-state index in [-0.39, 0.29) is 36.8 Å². The molecule has 0 amide bonds. The third-order valence-corrected chi connectivity index (χ3v) is 6.42. The minimum atomic E-state index is -4.95. The van der Waals surface area contributed by atoms with Crippen LogP contribution in [0.4, 0.5) is 17.6 Å². The minimum absolute atomic E-state index is 0.0907. The Balaban J connectivity index is 1.43. The Labute approximate surface area is 222 Å². The molecule has 0 radical (unpaired) electrons. The van der Waals surface area contributed by atoms with E-state index in [9.17, 15) is 32.3 Å². The van der Waals surface area contributed by atoms with Gasteiger partial charge in [0.05, 0.1) is 30.3 Å². The van der Waals surface area contributed by atoms with E-state index in [4.69, 9.17) is 11.6 Å². The van der Waals surface area contributed by atoms with E-state index in [2.05, 4.69) is 20.2 Å². The molecule has 3 heterocycles. The Bertz CT molecular complexity index is 1560. The van der Waals surface area contributed by atoms with Gasteiger partial charge in [-0.25, -0.2) is 23.5 Å². The van der Waals surface area contributed by atoms with Crippen molar-refractivity contribution in [2.75, 3.05) is 0 Å². The number of halogens is 5. The van der Waals surface area contributed by atoms with Crippen LogP contribution in [-0.4, -0.2) is 63.4 Å². The summed E-state index contributed by atoms with van der Waals surface area (Å²) in [4.78, 5) is 33.7. The molecule has 204 valence electrons. The molecule has 39 heavy (non-hydrogen) atoms. The van der Waals surface area contributed by atoms with Crippen molar-refractivity contribution in [3.8, 4) is 17.1 Å². The predicted octanol–water partition coefficient (Wildman–Crippen LogP) is 2.78. The van der Waals surface area contributed by atoms with E-state index in [0.717, 1.165) is 9.25 Å². The van der Waals surface area contributed by atoms with Crippen LogP contribution in [0.25, 0.3) is 17.1 Å². The molecule has 1 N–H and O–H groups in total. The molecule has 1 aliphatic rings. The highest BCUT2D eigenvalue weighted by atomic mass is 35.5. The molecule has 0 unspecified atom stereocenters. The smallest absolute Gasteiger partial charge is 0.382 e. The highest BCUT2D eigenvalue weighted by Crippen LogP contribution is 2.35. The van der Waals surface area contributed by atoms with Crippen LogP contribution in [0.5, 0.6) is 0 Å². The first-order valence-corrected chi connectivity index (χ1v) is 12.1. The Morgan fingerprint density at radius 3 is 2.54 bits per heavy atom. The predicted molar refractivity (Wildman–Crippen MR) is 129 cm³/mol. The van der Waals surface area contributed by atoms with E-state index < -0.39 is 36.6 Å². The fourth-order valence-corrected chi connectivity index (χ4v) is 4.11.